The summed E-state index contributed by atoms with van der Waals surface area (Å²) in [5.41, 5.74) is 6.18. The van der Waals surface area contributed by atoms with Crippen LogP contribution in [0.15, 0.2) is 18.2 Å². The second kappa shape index (κ2) is 4.41. The number of hydrogen-bond donors (Lipinski definition) is 1. The van der Waals surface area contributed by atoms with Crippen LogP contribution < -0.4 is 10.5 Å². The van der Waals surface area contributed by atoms with Crippen LogP contribution in [0, 0.1) is 6.92 Å². The Morgan fingerprint density at radius 2 is 2.29 bits per heavy atom. The zero-order valence-corrected chi connectivity index (χ0v) is 7.82. The van der Waals surface area contributed by atoms with Crippen LogP contribution in [0.3, 0.4) is 0 Å². The van der Waals surface area contributed by atoms with E-state index in [1.54, 1.807) is 25.1 Å². The van der Waals surface area contributed by atoms with Crippen molar-refractivity contribution in [2.45, 2.75) is 6.92 Å². The molecular formula is C10H11NO3. The summed E-state index contributed by atoms with van der Waals surface area (Å²) in [7, 11) is 0. The first kappa shape index (κ1) is 10.2. The normalized spacial score (nSPS) is 9.50. The number of amides is 1. The lowest BCUT2D eigenvalue weighted by Crippen LogP contribution is -2.20. The average Bonchev–Trinajstić information content (AvgIpc) is 2.14. The van der Waals surface area contributed by atoms with Crippen LogP contribution >= 0.6 is 0 Å². The van der Waals surface area contributed by atoms with Gasteiger partial charge in [0.25, 0.3) is 5.91 Å². The summed E-state index contributed by atoms with van der Waals surface area (Å²) in [6, 6.07) is 5.17. The zero-order chi connectivity index (χ0) is 10.6. The smallest absolute Gasteiger partial charge is 0.255 e. The molecule has 4 heteroatoms. The summed E-state index contributed by atoms with van der Waals surface area (Å²) in [4.78, 5) is 21.2. The van der Waals surface area contributed by atoms with E-state index in [-0.39, 0.29) is 6.61 Å². The molecule has 0 aliphatic rings. The molecule has 1 aromatic rings. The molecule has 0 unspecified atom stereocenters. The van der Waals surface area contributed by atoms with Gasteiger partial charge in [0.05, 0.1) is 5.56 Å². The molecule has 0 saturated carbocycles. The third kappa shape index (κ3) is 2.32. The quantitative estimate of drug-likeness (QED) is 0.714. The number of hydrogen-bond acceptors (Lipinski definition) is 3. The number of nitrogens with two attached hydrogens (primary N) is 1. The third-order valence-electron chi connectivity index (χ3n) is 1.77. The van der Waals surface area contributed by atoms with Crippen LogP contribution in [-0.4, -0.2) is 18.8 Å². The molecular weight excluding hydrogens is 182 g/mol. The first-order valence-electron chi connectivity index (χ1n) is 4.11. The van der Waals surface area contributed by atoms with E-state index in [0.717, 1.165) is 5.56 Å². The minimum absolute atomic E-state index is 0.218. The molecule has 0 spiro atoms. The van der Waals surface area contributed by atoms with E-state index in [1.807, 2.05) is 0 Å². The van der Waals surface area contributed by atoms with Crippen LogP contribution in [0.2, 0.25) is 0 Å². The monoisotopic (exact) mass is 193 g/mol. The van der Waals surface area contributed by atoms with E-state index in [2.05, 4.69) is 0 Å². The first-order valence-corrected chi connectivity index (χ1v) is 4.11. The Hall–Kier alpha value is -1.84. The van der Waals surface area contributed by atoms with Crippen LogP contribution in [0.25, 0.3) is 0 Å². The minimum atomic E-state index is -0.566. The molecule has 2 N–H and O–H groups in total. The van der Waals surface area contributed by atoms with Gasteiger partial charge in [-0.3, -0.25) is 9.59 Å². The van der Waals surface area contributed by atoms with Crippen molar-refractivity contribution < 1.29 is 14.3 Å². The molecule has 0 atom stereocenters. The Labute approximate surface area is 81.7 Å². The predicted octanol–water partition coefficient (Wildman–Crippen LogP) is 0.672. The van der Waals surface area contributed by atoms with E-state index in [0.29, 0.717) is 17.6 Å². The molecule has 1 amide bonds. The fourth-order valence-electron chi connectivity index (χ4n) is 1.08. The SMILES string of the molecule is Cc1cccc(OCC(N)=O)c1C=O. The van der Waals surface area contributed by atoms with Crippen LogP contribution in [0.1, 0.15) is 15.9 Å². The number of ether oxygens (including phenoxy) is 1. The molecule has 74 valence electrons. The van der Waals surface area contributed by atoms with Crippen molar-refractivity contribution in [1.82, 2.24) is 0 Å². The van der Waals surface area contributed by atoms with Crippen molar-refractivity contribution in [1.29, 1.82) is 0 Å². The van der Waals surface area contributed by atoms with Gasteiger partial charge in [-0.1, -0.05) is 12.1 Å². The standard InChI is InChI=1S/C10H11NO3/c1-7-3-2-4-9(8(7)5-12)14-6-10(11)13/h2-5H,6H2,1H3,(H2,11,13). The molecule has 0 aliphatic carbocycles. The van der Waals surface area contributed by atoms with Crippen LogP contribution in [0.4, 0.5) is 0 Å². The van der Waals surface area contributed by atoms with E-state index in [9.17, 15) is 9.59 Å². The van der Waals surface area contributed by atoms with E-state index >= 15 is 0 Å². The van der Waals surface area contributed by atoms with Crippen molar-refractivity contribution in [3.63, 3.8) is 0 Å². The highest BCUT2D eigenvalue weighted by Crippen LogP contribution is 2.19. The van der Waals surface area contributed by atoms with Crippen molar-refractivity contribution in [3.8, 4) is 5.75 Å². The van der Waals surface area contributed by atoms with Crippen LogP contribution in [0.5, 0.6) is 5.75 Å². The highest BCUT2D eigenvalue weighted by Gasteiger charge is 2.06. The molecule has 0 radical (unpaired) electrons. The molecule has 0 saturated heterocycles. The second-order valence-electron chi connectivity index (χ2n) is 2.86. The van der Waals surface area contributed by atoms with Gasteiger partial charge in [-0.15, -0.1) is 0 Å². The lowest BCUT2D eigenvalue weighted by molar-refractivity contribution is -0.119. The highest BCUT2D eigenvalue weighted by atomic mass is 16.5. The summed E-state index contributed by atoms with van der Waals surface area (Å²) in [6.07, 6.45) is 0.700. The fraction of sp³-hybridized carbons (Fsp3) is 0.200. The number of aryl methyl sites for hydroxylation is 1. The van der Waals surface area contributed by atoms with Crippen molar-refractivity contribution >= 4 is 12.2 Å². The van der Waals surface area contributed by atoms with Gasteiger partial charge < -0.3 is 10.5 Å². The van der Waals surface area contributed by atoms with Gasteiger partial charge in [0, 0.05) is 0 Å². The Morgan fingerprint density at radius 1 is 1.57 bits per heavy atom. The molecule has 0 aromatic heterocycles. The highest BCUT2D eigenvalue weighted by molar-refractivity contribution is 5.82. The maximum atomic E-state index is 10.7. The second-order valence-corrected chi connectivity index (χ2v) is 2.86. The number of benzene rings is 1. The van der Waals surface area contributed by atoms with Crippen LogP contribution in [-0.2, 0) is 4.79 Å². The summed E-state index contributed by atoms with van der Waals surface area (Å²) < 4.78 is 5.06. The molecule has 4 nitrogen and oxygen atoms in total. The van der Waals surface area contributed by atoms with Crippen molar-refractivity contribution in [2.75, 3.05) is 6.61 Å². The molecule has 1 aromatic carbocycles. The molecule has 1 rings (SSSR count). The van der Waals surface area contributed by atoms with Gasteiger partial charge in [0.15, 0.2) is 12.9 Å². The van der Waals surface area contributed by atoms with E-state index < -0.39 is 5.91 Å². The Bertz CT molecular complexity index is 360. The third-order valence-corrected chi connectivity index (χ3v) is 1.77. The molecule has 0 fully saturated rings. The zero-order valence-electron chi connectivity index (χ0n) is 7.82. The maximum absolute atomic E-state index is 10.7. The summed E-state index contributed by atoms with van der Waals surface area (Å²) >= 11 is 0. The number of aldehydes is 1. The lowest BCUT2D eigenvalue weighted by Gasteiger charge is -2.07. The fourth-order valence-corrected chi connectivity index (χ4v) is 1.08. The van der Waals surface area contributed by atoms with Gasteiger partial charge in [-0.05, 0) is 18.6 Å². The van der Waals surface area contributed by atoms with Gasteiger partial charge in [-0.2, -0.15) is 0 Å². The largest absolute Gasteiger partial charge is 0.483 e. The van der Waals surface area contributed by atoms with Gasteiger partial charge in [0.2, 0.25) is 0 Å². The summed E-state index contributed by atoms with van der Waals surface area (Å²) in [6.45, 7) is 1.57. The molecule has 0 aliphatic heterocycles. The first-order chi connectivity index (χ1) is 6.65. The Kier molecular flexibility index (Phi) is 3.23. The number of rotatable bonds is 4. The molecule has 0 heterocycles. The Morgan fingerprint density at radius 3 is 2.86 bits per heavy atom. The van der Waals surface area contributed by atoms with Crippen molar-refractivity contribution in [2.24, 2.45) is 5.73 Å². The number of carbonyl (C=O) groups is 2. The lowest BCUT2D eigenvalue weighted by atomic mass is 10.1. The Balaban J connectivity index is 2.90. The molecule has 14 heavy (non-hydrogen) atoms. The molecule has 0 bridgehead atoms. The van der Waals surface area contributed by atoms with E-state index in [4.69, 9.17) is 10.5 Å². The summed E-state index contributed by atoms with van der Waals surface area (Å²) in [5, 5.41) is 0. The summed E-state index contributed by atoms with van der Waals surface area (Å²) in [5.74, 6) is -0.179. The minimum Gasteiger partial charge on any atom is -0.483 e. The topological polar surface area (TPSA) is 69.4 Å². The van der Waals surface area contributed by atoms with E-state index in [1.165, 1.54) is 0 Å². The predicted molar refractivity (Wildman–Crippen MR) is 51.3 cm³/mol. The number of primary amides is 1. The number of carbonyl (C=O) groups excluding carboxylic acids is 2. The van der Waals surface area contributed by atoms with Gasteiger partial charge in [0.1, 0.15) is 5.75 Å². The average molecular weight is 193 g/mol. The van der Waals surface area contributed by atoms with Gasteiger partial charge >= 0.3 is 0 Å². The van der Waals surface area contributed by atoms with Gasteiger partial charge in [-0.25, -0.2) is 0 Å². The van der Waals surface area contributed by atoms with Crippen molar-refractivity contribution in [3.05, 3.63) is 29.3 Å². The maximum Gasteiger partial charge on any atom is 0.255 e.